The predicted molar refractivity (Wildman–Crippen MR) is 86.6 cm³/mol. The van der Waals surface area contributed by atoms with Crippen LogP contribution in [-0.4, -0.2) is 27.8 Å². The molecule has 1 aliphatic carbocycles. The zero-order valence-electron chi connectivity index (χ0n) is 13.3. The molecule has 5 nitrogen and oxygen atoms in total. The molecule has 6 heteroatoms. The van der Waals surface area contributed by atoms with E-state index in [2.05, 4.69) is 24.3 Å². The summed E-state index contributed by atoms with van der Waals surface area (Å²) in [5.74, 6) is 0.258. The molecular formula is C15H27ClN4O. The summed E-state index contributed by atoms with van der Waals surface area (Å²) in [6.07, 6.45) is 3.54. The molecule has 3 atom stereocenters. The molecule has 2 rings (SSSR count). The molecule has 1 fully saturated rings. The molecule has 0 bridgehead atoms. The molecule has 1 aromatic rings. The minimum atomic E-state index is 0. The number of nitrogens with two attached hydrogens (primary N) is 1. The number of aromatic nitrogens is 2. The van der Waals surface area contributed by atoms with Crippen LogP contribution >= 0.6 is 12.4 Å². The first-order chi connectivity index (χ1) is 9.38. The first-order valence-electron chi connectivity index (χ1n) is 7.43. The lowest BCUT2D eigenvalue weighted by Gasteiger charge is -2.17. The minimum Gasteiger partial charge on any atom is -0.353 e. The Morgan fingerprint density at radius 2 is 2.14 bits per heavy atom. The van der Waals surface area contributed by atoms with E-state index < -0.39 is 0 Å². The highest BCUT2D eigenvalue weighted by atomic mass is 35.5. The third-order valence-corrected chi connectivity index (χ3v) is 4.40. The van der Waals surface area contributed by atoms with Gasteiger partial charge in [-0.3, -0.25) is 9.48 Å². The van der Waals surface area contributed by atoms with Gasteiger partial charge in [-0.05, 0) is 52.0 Å². The summed E-state index contributed by atoms with van der Waals surface area (Å²) in [7, 11) is 1.95. The highest BCUT2D eigenvalue weighted by Crippen LogP contribution is 2.24. The maximum Gasteiger partial charge on any atom is 0.223 e. The molecule has 1 aliphatic rings. The first-order valence-corrected chi connectivity index (χ1v) is 7.43. The smallest absolute Gasteiger partial charge is 0.223 e. The molecule has 0 spiro atoms. The van der Waals surface area contributed by atoms with Crippen LogP contribution in [0.4, 0.5) is 0 Å². The number of nitrogens with zero attached hydrogens (tertiary/aromatic N) is 2. The lowest BCUT2D eigenvalue weighted by Crippen LogP contribution is -2.38. The van der Waals surface area contributed by atoms with E-state index in [9.17, 15) is 4.79 Å². The number of nitrogens with one attached hydrogen (secondary N) is 1. The Balaban J connectivity index is 0.00000220. The van der Waals surface area contributed by atoms with Crippen molar-refractivity contribution in [2.24, 2.45) is 18.7 Å². The van der Waals surface area contributed by atoms with E-state index in [1.165, 1.54) is 11.3 Å². The van der Waals surface area contributed by atoms with Gasteiger partial charge in [-0.15, -0.1) is 12.4 Å². The van der Waals surface area contributed by atoms with E-state index in [0.717, 1.165) is 31.4 Å². The highest BCUT2D eigenvalue weighted by Gasteiger charge is 2.28. The average molecular weight is 315 g/mol. The Morgan fingerprint density at radius 1 is 1.48 bits per heavy atom. The number of carbonyl (C=O) groups is 1. The van der Waals surface area contributed by atoms with Crippen molar-refractivity contribution in [3.63, 3.8) is 0 Å². The third-order valence-electron chi connectivity index (χ3n) is 4.40. The summed E-state index contributed by atoms with van der Waals surface area (Å²) in [5.41, 5.74) is 9.33. The number of hydrogen-bond donors (Lipinski definition) is 2. The van der Waals surface area contributed by atoms with Gasteiger partial charge in [0.1, 0.15) is 0 Å². The fourth-order valence-corrected chi connectivity index (χ4v) is 3.09. The van der Waals surface area contributed by atoms with Gasteiger partial charge in [0.05, 0.1) is 5.69 Å². The number of rotatable bonds is 4. The first kappa shape index (κ1) is 18.0. The van der Waals surface area contributed by atoms with E-state index in [-0.39, 0.29) is 36.3 Å². The van der Waals surface area contributed by atoms with Crippen LogP contribution in [0, 0.1) is 19.8 Å². The zero-order valence-corrected chi connectivity index (χ0v) is 14.2. The molecule has 120 valence electrons. The molecule has 0 aliphatic heterocycles. The predicted octanol–water partition coefficient (Wildman–Crippen LogP) is 1.63. The van der Waals surface area contributed by atoms with Crippen molar-refractivity contribution >= 4 is 18.3 Å². The van der Waals surface area contributed by atoms with Gasteiger partial charge in [0.15, 0.2) is 0 Å². The van der Waals surface area contributed by atoms with E-state index in [1.807, 2.05) is 18.7 Å². The van der Waals surface area contributed by atoms with Crippen LogP contribution < -0.4 is 11.1 Å². The van der Waals surface area contributed by atoms with Crippen molar-refractivity contribution in [3.05, 3.63) is 17.0 Å². The summed E-state index contributed by atoms with van der Waals surface area (Å²) < 4.78 is 1.90. The van der Waals surface area contributed by atoms with Crippen LogP contribution in [0.25, 0.3) is 0 Å². The standard InChI is InChI=1S/C15H26N4O.ClH/c1-9(7-14-10(2)18-19(4)11(14)3)17-15(20)12-5-6-13(16)8-12;/h9,12-13H,5-8,16H2,1-4H3,(H,17,20);1H. The second-order valence-corrected chi connectivity index (χ2v) is 6.16. The van der Waals surface area contributed by atoms with E-state index in [4.69, 9.17) is 5.73 Å². The van der Waals surface area contributed by atoms with Crippen molar-refractivity contribution in [3.8, 4) is 0 Å². The highest BCUT2D eigenvalue weighted by molar-refractivity contribution is 5.85. The van der Waals surface area contributed by atoms with Gasteiger partial charge in [-0.2, -0.15) is 5.10 Å². The van der Waals surface area contributed by atoms with E-state index in [1.54, 1.807) is 0 Å². The largest absolute Gasteiger partial charge is 0.353 e. The Labute approximate surface area is 133 Å². The van der Waals surface area contributed by atoms with Crippen LogP contribution in [0.1, 0.15) is 43.1 Å². The summed E-state index contributed by atoms with van der Waals surface area (Å²) >= 11 is 0. The zero-order chi connectivity index (χ0) is 14.9. The third kappa shape index (κ3) is 4.20. The van der Waals surface area contributed by atoms with Crippen LogP contribution in [0.2, 0.25) is 0 Å². The maximum absolute atomic E-state index is 12.2. The Kier molecular flexibility index (Phi) is 6.23. The fraction of sp³-hybridized carbons (Fsp3) is 0.733. The molecule has 0 aromatic carbocycles. The van der Waals surface area contributed by atoms with Crippen molar-refractivity contribution in [1.82, 2.24) is 15.1 Å². The molecule has 1 aromatic heterocycles. The Morgan fingerprint density at radius 3 is 2.62 bits per heavy atom. The van der Waals surface area contributed by atoms with Crippen molar-refractivity contribution in [1.29, 1.82) is 0 Å². The molecule has 0 saturated heterocycles. The van der Waals surface area contributed by atoms with Crippen molar-refractivity contribution < 1.29 is 4.79 Å². The second-order valence-electron chi connectivity index (χ2n) is 6.16. The molecule has 21 heavy (non-hydrogen) atoms. The second kappa shape index (κ2) is 7.27. The van der Waals surface area contributed by atoms with Gasteiger partial charge in [0.2, 0.25) is 5.91 Å². The average Bonchev–Trinajstić information content (AvgIpc) is 2.89. The molecule has 1 amide bonds. The SMILES string of the molecule is Cc1nn(C)c(C)c1CC(C)NC(=O)C1CCC(N)C1.Cl. The van der Waals surface area contributed by atoms with Gasteiger partial charge in [0.25, 0.3) is 0 Å². The van der Waals surface area contributed by atoms with E-state index >= 15 is 0 Å². The fourth-order valence-electron chi connectivity index (χ4n) is 3.09. The number of amides is 1. The molecule has 3 N–H and O–H groups in total. The topological polar surface area (TPSA) is 72.9 Å². The summed E-state index contributed by atoms with van der Waals surface area (Å²) in [6, 6.07) is 0.324. The lowest BCUT2D eigenvalue weighted by molar-refractivity contribution is -0.125. The summed E-state index contributed by atoms with van der Waals surface area (Å²) in [6.45, 7) is 6.14. The van der Waals surface area contributed by atoms with Crippen LogP contribution in [-0.2, 0) is 18.3 Å². The van der Waals surface area contributed by atoms with E-state index in [0.29, 0.717) is 0 Å². The molecular weight excluding hydrogens is 288 g/mol. The number of hydrogen-bond acceptors (Lipinski definition) is 3. The molecule has 1 saturated carbocycles. The van der Waals surface area contributed by atoms with Gasteiger partial charge in [0, 0.05) is 30.7 Å². The van der Waals surface area contributed by atoms with Crippen molar-refractivity contribution in [2.45, 2.75) is 58.5 Å². The van der Waals surface area contributed by atoms with Crippen molar-refractivity contribution in [2.75, 3.05) is 0 Å². The Hall–Kier alpha value is -1.07. The summed E-state index contributed by atoms with van der Waals surface area (Å²) in [5, 5.41) is 7.54. The summed E-state index contributed by atoms with van der Waals surface area (Å²) in [4.78, 5) is 12.2. The number of halogens is 1. The quantitative estimate of drug-likeness (QED) is 0.887. The monoisotopic (exact) mass is 314 g/mol. The number of carbonyl (C=O) groups excluding carboxylic acids is 1. The minimum absolute atomic E-state index is 0. The number of aryl methyl sites for hydroxylation is 2. The maximum atomic E-state index is 12.2. The Bertz CT molecular complexity index is 500. The molecule has 1 heterocycles. The molecule has 3 unspecified atom stereocenters. The van der Waals surface area contributed by atoms with Gasteiger partial charge < -0.3 is 11.1 Å². The van der Waals surface area contributed by atoms with Gasteiger partial charge >= 0.3 is 0 Å². The van der Waals surface area contributed by atoms with Gasteiger partial charge in [-0.25, -0.2) is 0 Å². The lowest BCUT2D eigenvalue weighted by atomic mass is 10.0. The normalized spacial score (nSPS) is 22.7. The van der Waals surface area contributed by atoms with Gasteiger partial charge in [-0.1, -0.05) is 0 Å². The van der Waals surface area contributed by atoms with Crippen LogP contribution in [0.5, 0.6) is 0 Å². The van der Waals surface area contributed by atoms with Crippen LogP contribution in [0.15, 0.2) is 0 Å². The molecule has 0 radical (unpaired) electrons. The van der Waals surface area contributed by atoms with Crippen LogP contribution in [0.3, 0.4) is 0 Å².